The molecule has 29 heavy (non-hydrogen) atoms. The van der Waals surface area contributed by atoms with Crippen molar-refractivity contribution in [1.29, 1.82) is 0 Å². The van der Waals surface area contributed by atoms with Gasteiger partial charge in [-0.1, -0.05) is 6.08 Å². The Morgan fingerprint density at radius 3 is 2.62 bits per heavy atom. The van der Waals surface area contributed by atoms with E-state index in [1.807, 2.05) is 23.2 Å². The topological polar surface area (TPSA) is 35.5 Å². The summed E-state index contributed by atoms with van der Waals surface area (Å²) in [4.78, 5) is 4.58. The number of anilines is 1. The Labute approximate surface area is 172 Å². The zero-order chi connectivity index (χ0) is 19.6. The second kappa shape index (κ2) is 8.46. The molecule has 0 saturated carbocycles. The number of nitrogens with zero attached hydrogens (tertiary/aromatic N) is 3. The van der Waals surface area contributed by atoms with E-state index < -0.39 is 0 Å². The first-order valence-corrected chi connectivity index (χ1v) is 11.1. The highest BCUT2D eigenvalue weighted by Gasteiger charge is 2.24. The molecule has 0 aliphatic carbocycles. The van der Waals surface area contributed by atoms with E-state index >= 15 is 0 Å². The van der Waals surface area contributed by atoms with Crippen molar-refractivity contribution >= 4 is 16.6 Å². The maximum Gasteiger partial charge on any atom is 0.148 e. The normalized spacial score (nSPS) is 22.6. The van der Waals surface area contributed by atoms with Gasteiger partial charge in [-0.15, -0.1) is 0 Å². The SMILES string of the molecule is Fc1cc2c(ccn2C2CCN(CC3CCNCC3)CC2)cc1N1C=CCNC1. The van der Waals surface area contributed by atoms with E-state index in [1.165, 1.54) is 32.5 Å². The molecule has 0 unspecified atom stereocenters. The number of likely N-dealkylation sites (tertiary alicyclic amines) is 1. The molecule has 2 N–H and O–H groups in total. The molecule has 3 aliphatic rings. The van der Waals surface area contributed by atoms with Crippen LogP contribution in [0.15, 0.2) is 36.7 Å². The predicted molar refractivity (Wildman–Crippen MR) is 117 cm³/mol. The molecule has 2 fully saturated rings. The molecule has 0 spiro atoms. The lowest BCUT2D eigenvalue weighted by atomic mass is 9.96. The van der Waals surface area contributed by atoms with Crippen LogP contribution in [0.25, 0.3) is 10.9 Å². The number of piperidine rings is 2. The summed E-state index contributed by atoms with van der Waals surface area (Å²) in [7, 11) is 0. The maximum atomic E-state index is 14.9. The van der Waals surface area contributed by atoms with E-state index in [1.54, 1.807) is 6.07 Å². The van der Waals surface area contributed by atoms with Gasteiger partial charge in [0.05, 0.1) is 17.9 Å². The summed E-state index contributed by atoms with van der Waals surface area (Å²) in [5.74, 6) is 0.709. The first-order chi connectivity index (χ1) is 14.3. The van der Waals surface area contributed by atoms with E-state index in [0.717, 1.165) is 49.3 Å². The van der Waals surface area contributed by atoms with Crippen LogP contribution in [0.4, 0.5) is 10.1 Å². The van der Waals surface area contributed by atoms with Gasteiger partial charge in [0.2, 0.25) is 0 Å². The lowest BCUT2D eigenvalue weighted by Gasteiger charge is -2.36. The molecule has 0 radical (unpaired) electrons. The first kappa shape index (κ1) is 19.1. The van der Waals surface area contributed by atoms with E-state index in [0.29, 0.717) is 18.4 Å². The summed E-state index contributed by atoms with van der Waals surface area (Å²) < 4.78 is 17.2. The van der Waals surface area contributed by atoms with Gasteiger partial charge < -0.3 is 19.7 Å². The van der Waals surface area contributed by atoms with Gasteiger partial charge in [-0.25, -0.2) is 4.39 Å². The lowest BCUT2D eigenvalue weighted by Crippen LogP contribution is -2.40. The highest BCUT2D eigenvalue weighted by atomic mass is 19.1. The summed E-state index contributed by atoms with van der Waals surface area (Å²) in [6, 6.07) is 6.33. The molecule has 4 heterocycles. The Morgan fingerprint density at radius 1 is 1.03 bits per heavy atom. The van der Waals surface area contributed by atoms with Gasteiger partial charge in [0.25, 0.3) is 0 Å². The molecule has 2 saturated heterocycles. The Bertz CT molecular complexity index is 862. The third kappa shape index (κ3) is 4.06. The van der Waals surface area contributed by atoms with Crippen LogP contribution in [0.3, 0.4) is 0 Å². The average Bonchev–Trinajstić information content (AvgIpc) is 3.18. The van der Waals surface area contributed by atoms with Crippen molar-refractivity contribution in [2.45, 2.75) is 31.7 Å². The van der Waals surface area contributed by atoms with E-state index in [2.05, 4.69) is 32.4 Å². The number of fused-ring (bicyclic) bond motifs is 1. The summed E-state index contributed by atoms with van der Waals surface area (Å²) in [5.41, 5.74) is 1.67. The van der Waals surface area contributed by atoms with Crippen molar-refractivity contribution < 1.29 is 4.39 Å². The average molecular weight is 398 g/mol. The van der Waals surface area contributed by atoms with Crippen molar-refractivity contribution in [2.24, 2.45) is 5.92 Å². The van der Waals surface area contributed by atoms with Gasteiger partial charge in [0.15, 0.2) is 0 Å². The Hall–Kier alpha value is -1.89. The van der Waals surface area contributed by atoms with Crippen molar-refractivity contribution in [3.05, 3.63) is 42.5 Å². The van der Waals surface area contributed by atoms with Crippen molar-refractivity contribution in [2.75, 3.05) is 50.8 Å². The minimum absolute atomic E-state index is 0.144. The van der Waals surface area contributed by atoms with Gasteiger partial charge in [-0.3, -0.25) is 5.32 Å². The minimum Gasteiger partial charge on any atom is -0.344 e. The fraction of sp³-hybridized carbons (Fsp3) is 0.565. The maximum absolute atomic E-state index is 14.9. The molecule has 3 aliphatic heterocycles. The van der Waals surface area contributed by atoms with Gasteiger partial charge in [-0.2, -0.15) is 0 Å². The number of rotatable bonds is 4. The number of nitrogens with one attached hydrogen (secondary N) is 2. The van der Waals surface area contributed by atoms with E-state index in [9.17, 15) is 4.39 Å². The van der Waals surface area contributed by atoms with Crippen molar-refractivity contribution in [3.8, 4) is 0 Å². The number of halogens is 1. The summed E-state index contributed by atoms with van der Waals surface area (Å²) in [6.07, 6.45) is 11.1. The van der Waals surface area contributed by atoms with Crippen LogP contribution in [0.1, 0.15) is 31.7 Å². The molecule has 0 atom stereocenters. The molecule has 0 bridgehead atoms. The van der Waals surface area contributed by atoms with Gasteiger partial charge in [0, 0.05) is 56.1 Å². The second-order valence-corrected chi connectivity index (χ2v) is 8.78. The second-order valence-electron chi connectivity index (χ2n) is 8.78. The van der Waals surface area contributed by atoms with Crippen LogP contribution < -0.4 is 15.5 Å². The number of hydrogen-bond donors (Lipinski definition) is 2. The first-order valence-electron chi connectivity index (χ1n) is 11.1. The van der Waals surface area contributed by atoms with Crippen LogP contribution in [0.5, 0.6) is 0 Å². The number of aromatic nitrogens is 1. The highest BCUT2D eigenvalue weighted by molar-refractivity contribution is 5.84. The van der Waals surface area contributed by atoms with E-state index in [-0.39, 0.29) is 5.82 Å². The molecule has 1 aromatic carbocycles. The molecule has 1 aromatic heterocycles. The van der Waals surface area contributed by atoms with E-state index in [4.69, 9.17) is 0 Å². The Kier molecular flexibility index (Phi) is 5.57. The Morgan fingerprint density at radius 2 is 1.86 bits per heavy atom. The molecule has 5 rings (SSSR count). The molecule has 0 amide bonds. The van der Waals surface area contributed by atoms with Gasteiger partial charge >= 0.3 is 0 Å². The fourth-order valence-corrected chi connectivity index (χ4v) is 5.18. The van der Waals surface area contributed by atoms with Gasteiger partial charge in [-0.05, 0) is 56.8 Å². The Balaban J connectivity index is 1.28. The van der Waals surface area contributed by atoms with Crippen LogP contribution in [-0.2, 0) is 0 Å². The number of benzene rings is 1. The number of hydrogen-bond acceptors (Lipinski definition) is 4. The van der Waals surface area contributed by atoms with Crippen molar-refractivity contribution in [1.82, 2.24) is 20.1 Å². The molecular formula is C23H32FN5. The minimum atomic E-state index is -0.144. The third-order valence-corrected chi connectivity index (χ3v) is 6.85. The summed E-state index contributed by atoms with van der Waals surface area (Å²) in [6.45, 7) is 7.39. The monoisotopic (exact) mass is 397 g/mol. The van der Waals surface area contributed by atoms with Crippen LogP contribution in [0, 0.1) is 11.7 Å². The van der Waals surface area contributed by atoms with Crippen LogP contribution in [0.2, 0.25) is 0 Å². The van der Waals surface area contributed by atoms with Crippen LogP contribution in [-0.4, -0.2) is 55.4 Å². The lowest BCUT2D eigenvalue weighted by molar-refractivity contribution is 0.152. The zero-order valence-electron chi connectivity index (χ0n) is 17.1. The van der Waals surface area contributed by atoms with Crippen LogP contribution >= 0.6 is 0 Å². The third-order valence-electron chi connectivity index (χ3n) is 6.85. The highest BCUT2D eigenvalue weighted by Crippen LogP contribution is 2.32. The molecule has 2 aromatic rings. The summed E-state index contributed by atoms with van der Waals surface area (Å²) in [5, 5.41) is 7.84. The zero-order valence-corrected chi connectivity index (χ0v) is 17.1. The molecular weight excluding hydrogens is 365 g/mol. The molecule has 156 valence electrons. The fourth-order valence-electron chi connectivity index (χ4n) is 5.18. The predicted octanol–water partition coefficient (Wildman–Crippen LogP) is 3.30. The smallest absolute Gasteiger partial charge is 0.148 e. The van der Waals surface area contributed by atoms with Gasteiger partial charge in [0.1, 0.15) is 5.82 Å². The van der Waals surface area contributed by atoms with Crippen molar-refractivity contribution in [3.63, 3.8) is 0 Å². The summed E-state index contributed by atoms with van der Waals surface area (Å²) >= 11 is 0. The molecule has 6 heteroatoms. The largest absolute Gasteiger partial charge is 0.344 e. The quantitative estimate of drug-likeness (QED) is 0.830. The standard InChI is InChI=1S/C23H32FN5/c24-21-15-22-19(14-23(21)28-10-1-7-26-17-28)4-13-29(22)20-5-11-27(12-6-20)16-18-2-8-25-9-3-18/h1,4,10,13-15,18,20,25-26H,2-3,5-9,11-12,16-17H2. The molecule has 5 nitrogen and oxygen atoms in total.